The minimum Gasteiger partial charge on any atom is -0.479 e. The van der Waals surface area contributed by atoms with Gasteiger partial charge in [0, 0.05) is 13.5 Å². The van der Waals surface area contributed by atoms with Crippen LogP contribution in [0, 0.1) is 6.92 Å². The predicted molar refractivity (Wildman–Crippen MR) is 72.5 cm³/mol. The summed E-state index contributed by atoms with van der Waals surface area (Å²) in [4.78, 5) is 29.3. The molecule has 8 heteroatoms. The van der Waals surface area contributed by atoms with Gasteiger partial charge in [-0.25, -0.2) is 9.59 Å². The summed E-state index contributed by atoms with van der Waals surface area (Å²) in [6.07, 6.45) is 2.35. The summed E-state index contributed by atoms with van der Waals surface area (Å²) in [6, 6.07) is -0.397. The first-order chi connectivity index (χ1) is 9.99. The van der Waals surface area contributed by atoms with E-state index in [2.05, 4.69) is 15.5 Å². The van der Waals surface area contributed by atoms with Crippen LogP contribution in [-0.2, 0) is 11.3 Å². The minimum atomic E-state index is -1.09. The van der Waals surface area contributed by atoms with E-state index in [1.165, 1.54) is 4.90 Å². The van der Waals surface area contributed by atoms with Crippen molar-refractivity contribution >= 4 is 12.0 Å². The lowest BCUT2D eigenvalue weighted by atomic mass is 9.91. The molecule has 0 saturated carbocycles. The Bertz CT molecular complexity index is 530. The van der Waals surface area contributed by atoms with Crippen molar-refractivity contribution in [2.45, 2.75) is 51.6 Å². The van der Waals surface area contributed by atoms with Crippen LogP contribution in [0.25, 0.3) is 0 Å². The molecule has 1 aliphatic heterocycles. The SMILES string of the molecule is CCCC1(C(=O)O)CCCN1C(=O)NCc1noc(C)n1. The maximum Gasteiger partial charge on any atom is 0.329 e. The summed E-state index contributed by atoms with van der Waals surface area (Å²) in [7, 11) is 0. The monoisotopic (exact) mass is 296 g/mol. The topological polar surface area (TPSA) is 109 Å². The fourth-order valence-corrected chi connectivity index (χ4v) is 2.84. The highest BCUT2D eigenvalue weighted by Crippen LogP contribution is 2.34. The average Bonchev–Trinajstić information content (AvgIpc) is 3.04. The second-order valence-electron chi connectivity index (χ2n) is 5.23. The lowest BCUT2D eigenvalue weighted by Gasteiger charge is -2.34. The largest absolute Gasteiger partial charge is 0.479 e. The van der Waals surface area contributed by atoms with Gasteiger partial charge in [-0.15, -0.1) is 0 Å². The van der Waals surface area contributed by atoms with E-state index in [-0.39, 0.29) is 6.54 Å². The summed E-state index contributed by atoms with van der Waals surface area (Å²) >= 11 is 0. The van der Waals surface area contributed by atoms with Crippen molar-refractivity contribution in [3.63, 3.8) is 0 Å². The molecule has 0 aliphatic carbocycles. The molecule has 1 aromatic heterocycles. The summed E-state index contributed by atoms with van der Waals surface area (Å²) in [5.41, 5.74) is -1.09. The van der Waals surface area contributed by atoms with E-state index in [0.717, 1.165) is 0 Å². The van der Waals surface area contributed by atoms with Crippen LogP contribution in [0.5, 0.6) is 0 Å². The molecular weight excluding hydrogens is 276 g/mol. The second-order valence-corrected chi connectivity index (χ2v) is 5.23. The molecule has 2 amide bonds. The number of aromatic nitrogens is 2. The normalized spacial score (nSPS) is 21.5. The molecule has 8 nitrogen and oxygen atoms in total. The average molecular weight is 296 g/mol. The Hall–Kier alpha value is -2.12. The van der Waals surface area contributed by atoms with Crippen molar-refractivity contribution in [2.75, 3.05) is 6.54 Å². The number of nitrogens with zero attached hydrogens (tertiary/aromatic N) is 3. The predicted octanol–water partition coefficient (Wildman–Crippen LogP) is 1.31. The third-order valence-electron chi connectivity index (χ3n) is 3.76. The summed E-state index contributed by atoms with van der Waals surface area (Å²) in [5.74, 6) is -0.143. The molecule has 2 rings (SSSR count). The van der Waals surface area contributed by atoms with Crippen LogP contribution in [0.4, 0.5) is 4.79 Å². The molecule has 0 spiro atoms. The minimum absolute atomic E-state index is 0.120. The Kier molecular flexibility index (Phi) is 4.44. The van der Waals surface area contributed by atoms with E-state index < -0.39 is 17.5 Å². The summed E-state index contributed by atoms with van der Waals surface area (Å²) in [5, 5.41) is 15.9. The molecule has 1 aromatic rings. The highest BCUT2D eigenvalue weighted by Gasteiger charge is 2.49. The number of likely N-dealkylation sites (tertiary alicyclic amines) is 1. The highest BCUT2D eigenvalue weighted by molar-refractivity contribution is 5.87. The number of aliphatic carboxylic acids is 1. The maximum atomic E-state index is 12.3. The number of amides is 2. The van der Waals surface area contributed by atoms with E-state index in [1.807, 2.05) is 6.92 Å². The van der Waals surface area contributed by atoms with Gasteiger partial charge in [0.25, 0.3) is 0 Å². The van der Waals surface area contributed by atoms with E-state index >= 15 is 0 Å². The van der Waals surface area contributed by atoms with Crippen LogP contribution in [0.2, 0.25) is 0 Å². The van der Waals surface area contributed by atoms with Gasteiger partial charge in [0.1, 0.15) is 5.54 Å². The molecule has 1 atom stereocenters. The molecule has 1 unspecified atom stereocenters. The number of hydrogen-bond donors (Lipinski definition) is 2. The van der Waals surface area contributed by atoms with Gasteiger partial charge in [-0.2, -0.15) is 4.98 Å². The van der Waals surface area contributed by atoms with Crippen molar-refractivity contribution in [2.24, 2.45) is 0 Å². The molecular formula is C13H20N4O4. The Morgan fingerprint density at radius 3 is 2.86 bits per heavy atom. The van der Waals surface area contributed by atoms with E-state index in [1.54, 1.807) is 6.92 Å². The van der Waals surface area contributed by atoms with Gasteiger partial charge < -0.3 is 19.8 Å². The van der Waals surface area contributed by atoms with Crippen molar-refractivity contribution in [1.82, 2.24) is 20.4 Å². The first kappa shape index (κ1) is 15.3. The zero-order valence-corrected chi connectivity index (χ0v) is 12.3. The Morgan fingerprint density at radius 2 is 2.29 bits per heavy atom. The molecule has 1 saturated heterocycles. The third-order valence-corrected chi connectivity index (χ3v) is 3.76. The van der Waals surface area contributed by atoms with Gasteiger partial charge in [-0.1, -0.05) is 18.5 Å². The first-order valence-electron chi connectivity index (χ1n) is 7.07. The molecule has 1 aliphatic rings. The number of hydrogen-bond acceptors (Lipinski definition) is 5. The molecule has 2 heterocycles. The van der Waals surface area contributed by atoms with Crippen molar-refractivity contribution in [1.29, 1.82) is 0 Å². The molecule has 116 valence electrons. The lowest BCUT2D eigenvalue weighted by molar-refractivity contribution is -0.148. The second kappa shape index (κ2) is 6.11. The number of urea groups is 1. The summed E-state index contributed by atoms with van der Waals surface area (Å²) in [6.45, 7) is 4.15. The number of carboxylic acids is 1. The molecule has 2 N–H and O–H groups in total. The van der Waals surface area contributed by atoms with Crippen LogP contribution >= 0.6 is 0 Å². The zero-order valence-electron chi connectivity index (χ0n) is 12.3. The zero-order chi connectivity index (χ0) is 15.5. The van der Waals surface area contributed by atoms with Crippen LogP contribution < -0.4 is 5.32 Å². The van der Waals surface area contributed by atoms with Gasteiger partial charge in [0.05, 0.1) is 6.54 Å². The highest BCUT2D eigenvalue weighted by atomic mass is 16.5. The van der Waals surface area contributed by atoms with E-state index in [9.17, 15) is 14.7 Å². The van der Waals surface area contributed by atoms with Gasteiger partial charge in [0.2, 0.25) is 5.89 Å². The number of rotatable bonds is 5. The molecule has 0 radical (unpaired) electrons. The quantitative estimate of drug-likeness (QED) is 0.848. The lowest BCUT2D eigenvalue weighted by Crippen LogP contribution is -2.55. The smallest absolute Gasteiger partial charge is 0.329 e. The van der Waals surface area contributed by atoms with Gasteiger partial charge in [-0.05, 0) is 19.3 Å². The van der Waals surface area contributed by atoms with Crippen molar-refractivity contribution < 1.29 is 19.2 Å². The number of nitrogens with one attached hydrogen (secondary N) is 1. The maximum absolute atomic E-state index is 12.3. The Labute approximate surface area is 122 Å². The van der Waals surface area contributed by atoms with Crippen molar-refractivity contribution in [3.8, 4) is 0 Å². The molecule has 0 bridgehead atoms. The first-order valence-corrected chi connectivity index (χ1v) is 7.07. The van der Waals surface area contributed by atoms with Crippen LogP contribution in [0.1, 0.15) is 44.3 Å². The molecule has 0 aromatic carbocycles. The van der Waals surface area contributed by atoms with Gasteiger partial charge >= 0.3 is 12.0 Å². The van der Waals surface area contributed by atoms with Gasteiger partial charge in [0.15, 0.2) is 5.82 Å². The molecule has 21 heavy (non-hydrogen) atoms. The fourth-order valence-electron chi connectivity index (χ4n) is 2.84. The van der Waals surface area contributed by atoms with E-state index in [4.69, 9.17) is 4.52 Å². The Balaban J connectivity index is 2.04. The standard InChI is InChI=1S/C13H20N4O4/c1-3-5-13(11(18)19)6-4-7-17(13)12(20)14-8-10-15-9(2)21-16-10/h3-8H2,1-2H3,(H,14,20)(H,18,19). The van der Waals surface area contributed by atoms with E-state index in [0.29, 0.717) is 43.9 Å². The number of aryl methyl sites for hydroxylation is 1. The summed E-state index contributed by atoms with van der Waals surface area (Å²) < 4.78 is 4.82. The number of carbonyl (C=O) groups excluding carboxylic acids is 1. The fraction of sp³-hybridized carbons (Fsp3) is 0.692. The number of carboxylic acid groups (broad SMARTS) is 1. The van der Waals surface area contributed by atoms with Crippen molar-refractivity contribution in [3.05, 3.63) is 11.7 Å². The third kappa shape index (κ3) is 2.98. The van der Waals surface area contributed by atoms with Crippen LogP contribution in [0.3, 0.4) is 0 Å². The van der Waals surface area contributed by atoms with Gasteiger partial charge in [-0.3, -0.25) is 0 Å². The van der Waals surface area contributed by atoms with Crippen LogP contribution in [0.15, 0.2) is 4.52 Å². The molecule has 1 fully saturated rings. The van der Waals surface area contributed by atoms with Crippen LogP contribution in [-0.4, -0.2) is 44.2 Å². The number of carbonyl (C=O) groups is 2. The Morgan fingerprint density at radius 1 is 1.52 bits per heavy atom.